The van der Waals surface area contributed by atoms with Crippen molar-refractivity contribution in [3.63, 3.8) is 0 Å². The van der Waals surface area contributed by atoms with E-state index >= 15 is 0 Å². The highest BCUT2D eigenvalue weighted by atomic mass is 16.5. The lowest BCUT2D eigenvalue weighted by Gasteiger charge is -2.29. The molecule has 1 fully saturated rings. The van der Waals surface area contributed by atoms with Crippen LogP contribution in [0.25, 0.3) is 0 Å². The van der Waals surface area contributed by atoms with E-state index in [4.69, 9.17) is 9.47 Å². The van der Waals surface area contributed by atoms with Gasteiger partial charge in [-0.1, -0.05) is 13.8 Å². The highest BCUT2D eigenvalue weighted by Crippen LogP contribution is 2.19. The predicted molar refractivity (Wildman–Crippen MR) is 106 cm³/mol. The van der Waals surface area contributed by atoms with Gasteiger partial charge < -0.3 is 14.8 Å². The number of nitrogens with one attached hydrogen (secondary N) is 1. The van der Waals surface area contributed by atoms with Crippen LogP contribution in [-0.4, -0.2) is 49.3 Å². The molecule has 0 atom stereocenters. The molecule has 146 valence electrons. The molecule has 0 aliphatic carbocycles. The van der Waals surface area contributed by atoms with Gasteiger partial charge in [-0.3, -0.25) is 9.69 Å². The fourth-order valence-electron chi connectivity index (χ4n) is 2.92. The van der Waals surface area contributed by atoms with Gasteiger partial charge in [0.1, 0.15) is 18.0 Å². The lowest BCUT2D eigenvalue weighted by Crippen LogP contribution is -2.40. The number of piperidine rings is 1. The lowest BCUT2D eigenvalue weighted by atomic mass is 9.99. The molecular formula is C21H34N2O3. The van der Waals surface area contributed by atoms with E-state index in [2.05, 4.69) is 17.1 Å². The van der Waals surface area contributed by atoms with Crippen LogP contribution in [0, 0.1) is 5.92 Å². The second-order valence-electron chi connectivity index (χ2n) is 7.71. The SMILES string of the molecule is CCCOC(C)(C)C(=O)Nc1ccc(OCCN2CCC(C)CC2)cc1. The van der Waals surface area contributed by atoms with Crippen molar-refractivity contribution in [2.45, 2.75) is 52.6 Å². The molecule has 1 heterocycles. The molecule has 1 aliphatic rings. The van der Waals surface area contributed by atoms with Crippen molar-refractivity contribution in [1.82, 2.24) is 4.90 Å². The first-order chi connectivity index (χ1) is 12.4. The van der Waals surface area contributed by atoms with Crippen LogP contribution in [0.2, 0.25) is 0 Å². The van der Waals surface area contributed by atoms with Gasteiger partial charge in [-0.25, -0.2) is 0 Å². The maximum atomic E-state index is 12.3. The Balaban J connectivity index is 1.74. The largest absolute Gasteiger partial charge is 0.492 e. The molecule has 0 saturated carbocycles. The van der Waals surface area contributed by atoms with Gasteiger partial charge in [0, 0.05) is 18.8 Å². The zero-order valence-corrected chi connectivity index (χ0v) is 16.7. The normalized spacial score (nSPS) is 16.5. The number of carbonyl (C=O) groups is 1. The minimum absolute atomic E-state index is 0.140. The summed E-state index contributed by atoms with van der Waals surface area (Å²) in [7, 11) is 0. The van der Waals surface area contributed by atoms with E-state index in [9.17, 15) is 4.79 Å². The van der Waals surface area contributed by atoms with Gasteiger partial charge >= 0.3 is 0 Å². The number of nitrogens with zero attached hydrogens (tertiary/aromatic N) is 1. The zero-order valence-electron chi connectivity index (χ0n) is 16.7. The Hall–Kier alpha value is -1.59. The quantitative estimate of drug-likeness (QED) is 0.723. The third-order valence-corrected chi connectivity index (χ3v) is 4.88. The smallest absolute Gasteiger partial charge is 0.256 e. The third kappa shape index (κ3) is 6.61. The number of benzene rings is 1. The molecule has 0 spiro atoms. The molecule has 1 aliphatic heterocycles. The summed E-state index contributed by atoms with van der Waals surface area (Å²) in [6.45, 7) is 12.5. The van der Waals surface area contributed by atoms with E-state index in [0.717, 1.165) is 30.3 Å². The average molecular weight is 363 g/mol. The molecule has 26 heavy (non-hydrogen) atoms. The van der Waals surface area contributed by atoms with Crippen molar-refractivity contribution in [2.75, 3.05) is 38.2 Å². The number of likely N-dealkylation sites (tertiary alicyclic amines) is 1. The fraction of sp³-hybridized carbons (Fsp3) is 0.667. The summed E-state index contributed by atoms with van der Waals surface area (Å²) in [5, 5.41) is 2.90. The van der Waals surface area contributed by atoms with Crippen LogP contribution < -0.4 is 10.1 Å². The van der Waals surface area contributed by atoms with Crippen LogP contribution in [0.15, 0.2) is 24.3 Å². The summed E-state index contributed by atoms with van der Waals surface area (Å²) in [5.74, 6) is 1.54. The Morgan fingerprint density at radius 2 is 1.85 bits per heavy atom. The van der Waals surface area contributed by atoms with Gasteiger partial charge in [-0.15, -0.1) is 0 Å². The van der Waals surface area contributed by atoms with Gasteiger partial charge in [-0.05, 0) is 76.4 Å². The van der Waals surface area contributed by atoms with Crippen LogP contribution in [0.5, 0.6) is 5.75 Å². The van der Waals surface area contributed by atoms with Gasteiger partial charge in [0.15, 0.2) is 0 Å². The molecule has 1 aromatic rings. The van der Waals surface area contributed by atoms with Crippen molar-refractivity contribution < 1.29 is 14.3 Å². The molecule has 0 aromatic heterocycles. The van der Waals surface area contributed by atoms with Crippen molar-refractivity contribution in [3.8, 4) is 5.75 Å². The molecule has 0 radical (unpaired) electrons. The summed E-state index contributed by atoms with van der Waals surface area (Å²) < 4.78 is 11.4. The van der Waals surface area contributed by atoms with Crippen molar-refractivity contribution >= 4 is 11.6 Å². The summed E-state index contributed by atoms with van der Waals surface area (Å²) >= 11 is 0. The minimum atomic E-state index is -0.836. The first-order valence-electron chi connectivity index (χ1n) is 9.81. The number of anilines is 1. The molecule has 0 unspecified atom stereocenters. The standard InChI is InChI=1S/C21H34N2O3/c1-5-15-26-21(3,4)20(24)22-18-6-8-19(9-7-18)25-16-14-23-12-10-17(2)11-13-23/h6-9,17H,5,10-16H2,1-4H3,(H,22,24). The van der Waals surface area contributed by atoms with Gasteiger partial charge in [-0.2, -0.15) is 0 Å². The average Bonchev–Trinajstić information content (AvgIpc) is 2.63. The molecule has 0 bridgehead atoms. The highest BCUT2D eigenvalue weighted by molar-refractivity contribution is 5.96. The predicted octanol–water partition coefficient (Wildman–Crippen LogP) is 3.94. The first-order valence-corrected chi connectivity index (χ1v) is 9.81. The number of carbonyl (C=O) groups excluding carboxylic acids is 1. The highest BCUT2D eigenvalue weighted by Gasteiger charge is 2.28. The number of hydrogen-bond acceptors (Lipinski definition) is 4. The number of rotatable bonds is 9. The Bertz CT molecular complexity index is 549. The Labute approximate surface area is 158 Å². The second kappa shape index (κ2) is 9.93. The maximum Gasteiger partial charge on any atom is 0.256 e. The molecule has 1 N–H and O–H groups in total. The third-order valence-electron chi connectivity index (χ3n) is 4.88. The maximum absolute atomic E-state index is 12.3. The van der Waals surface area contributed by atoms with Crippen LogP contribution in [-0.2, 0) is 9.53 Å². The zero-order chi connectivity index (χ0) is 19.0. The van der Waals surface area contributed by atoms with Crippen LogP contribution >= 0.6 is 0 Å². The molecule has 5 heteroatoms. The number of amides is 1. The molecule has 5 nitrogen and oxygen atoms in total. The van der Waals surface area contributed by atoms with Crippen LogP contribution in [0.3, 0.4) is 0 Å². The second-order valence-corrected chi connectivity index (χ2v) is 7.71. The summed E-state index contributed by atoms with van der Waals surface area (Å²) in [6.07, 6.45) is 3.46. The molecule has 2 rings (SSSR count). The van der Waals surface area contributed by atoms with E-state index in [0.29, 0.717) is 13.2 Å². The lowest BCUT2D eigenvalue weighted by molar-refractivity contribution is -0.137. The number of hydrogen-bond donors (Lipinski definition) is 1. The van der Waals surface area contributed by atoms with Gasteiger partial charge in [0.2, 0.25) is 0 Å². The minimum Gasteiger partial charge on any atom is -0.492 e. The van der Waals surface area contributed by atoms with Crippen LogP contribution in [0.4, 0.5) is 5.69 Å². The number of ether oxygens (including phenoxy) is 2. The summed E-state index contributed by atoms with van der Waals surface area (Å²) in [6, 6.07) is 7.53. The summed E-state index contributed by atoms with van der Waals surface area (Å²) in [4.78, 5) is 14.8. The van der Waals surface area contributed by atoms with E-state index in [1.165, 1.54) is 25.9 Å². The van der Waals surface area contributed by atoms with Crippen molar-refractivity contribution in [1.29, 1.82) is 0 Å². The van der Waals surface area contributed by atoms with E-state index in [-0.39, 0.29) is 5.91 Å². The monoisotopic (exact) mass is 362 g/mol. The Morgan fingerprint density at radius 3 is 2.46 bits per heavy atom. The molecule has 1 saturated heterocycles. The summed E-state index contributed by atoms with van der Waals surface area (Å²) in [5.41, 5.74) is -0.0857. The van der Waals surface area contributed by atoms with Crippen LogP contribution in [0.1, 0.15) is 47.0 Å². The van der Waals surface area contributed by atoms with E-state index < -0.39 is 5.60 Å². The van der Waals surface area contributed by atoms with Crippen molar-refractivity contribution in [2.24, 2.45) is 5.92 Å². The first kappa shape index (κ1) is 20.7. The molecule has 1 aromatic carbocycles. The Kier molecular flexibility index (Phi) is 7.91. The van der Waals surface area contributed by atoms with E-state index in [1.807, 2.05) is 31.2 Å². The van der Waals surface area contributed by atoms with Crippen molar-refractivity contribution in [3.05, 3.63) is 24.3 Å². The van der Waals surface area contributed by atoms with E-state index in [1.54, 1.807) is 13.8 Å². The molecule has 1 amide bonds. The molecular weight excluding hydrogens is 328 g/mol. The topological polar surface area (TPSA) is 50.8 Å². The van der Waals surface area contributed by atoms with Gasteiger partial charge in [0.25, 0.3) is 5.91 Å². The fourth-order valence-corrected chi connectivity index (χ4v) is 2.92. The van der Waals surface area contributed by atoms with Gasteiger partial charge in [0.05, 0.1) is 0 Å². The Morgan fingerprint density at radius 1 is 1.19 bits per heavy atom.